The quantitative estimate of drug-likeness (QED) is 0.420. The minimum atomic E-state index is -4.11. The number of rotatable bonds is 9. The first-order valence-electron chi connectivity index (χ1n) is 13.4. The molecule has 2 amide bonds. The van der Waals surface area contributed by atoms with Crippen LogP contribution in [0.4, 0.5) is 4.79 Å². The van der Waals surface area contributed by atoms with Gasteiger partial charge in [0.05, 0.1) is 11.7 Å². The Bertz CT molecular complexity index is 1260. The maximum absolute atomic E-state index is 13.7. The second-order valence-corrected chi connectivity index (χ2v) is 14.1. The first-order valence-corrected chi connectivity index (χ1v) is 15.1. The van der Waals surface area contributed by atoms with Gasteiger partial charge in [0.25, 0.3) is 0 Å². The molecule has 0 saturated carbocycles. The molecular weight excluding hydrogens is 532 g/mol. The molecule has 1 aliphatic rings. The third kappa shape index (κ3) is 8.30. The summed E-state index contributed by atoms with van der Waals surface area (Å²) in [7, 11) is -4.11. The molecule has 0 spiro atoms. The van der Waals surface area contributed by atoms with Crippen molar-refractivity contribution >= 4 is 27.8 Å². The van der Waals surface area contributed by atoms with Crippen molar-refractivity contribution in [3.05, 3.63) is 71.8 Å². The Kier molecular flexibility index (Phi) is 10.00. The van der Waals surface area contributed by atoms with E-state index in [0.717, 1.165) is 11.1 Å². The number of sulfone groups is 1. The van der Waals surface area contributed by atoms with Crippen LogP contribution in [0, 0.1) is 5.92 Å². The van der Waals surface area contributed by atoms with E-state index in [0.29, 0.717) is 0 Å². The van der Waals surface area contributed by atoms with Gasteiger partial charge < -0.3 is 19.3 Å². The molecule has 1 saturated heterocycles. The zero-order valence-corrected chi connectivity index (χ0v) is 24.8. The average molecular weight is 573 g/mol. The van der Waals surface area contributed by atoms with Crippen molar-refractivity contribution in [2.24, 2.45) is 5.92 Å². The van der Waals surface area contributed by atoms with Crippen LogP contribution in [0.2, 0.25) is 0 Å². The summed E-state index contributed by atoms with van der Waals surface area (Å²) in [6.45, 7) is 8.95. The largest absolute Gasteiger partial charge is 0.461 e. The van der Waals surface area contributed by atoms with Gasteiger partial charge in [0.1, 0.15) is 17.0 Å². The number of ether oxygens (including phenoxy) is 2. The molecule has 2 aromatic carbocycles. The van der Waals surface area contributed by atoms with Crippen molar-refractivity contribution in [1.29, 1.82) is 0 Å². The first kappa shape index (κ1) is 31.1. The highest BCUT2D eigenvalue weighted by Gasteiger charge is 2.46. The van der Waals surface area contributed by atoms with E-state index in [2.05, 4.69) is 0 Å². The van der Waals surface area contributed by atoms with E-state index in [1.807, 2.05) is 60.7 Å². The van der Waals surface area contributed by atoms with Crippen LogP contribution in [0.15, 0.2) is 60.7 Å². The molecule has 40 heavy (non-hydrogen) atoms. The summed E-state index contributed by atoms with van der Waals surface area (Å²) >= 11 is 0. The average Bonchev–Trinajstić information content (AvgIpc) is 2.91. The van der Waals surface area contributed by atoms with Gasteiger partial charge in [0.2, 0.25) is 5.91 Å². The van der Waals surface area contributed by atoms with Gasteiger partial charge in [-0.1, -0.05) is 60.7 Å². The number of carbonyl (C=O) groups excluding carboxylic acids is 3. The molecule has 9 nitrogen and oxygen atoms in total. The van der Waals surface area contributed by atoms with Gasteiger partial charge in [-0.2, -0.15) is 0 Å². The van der Waals surface area contributed by atoms with Gasteiger partial charge in [0.15, 0.2) is 9.84 Å². The second-order valence-electron chi connectivity index (χ2n) is 11.5. The van der Waals surface area contributed by atoms with Crippen LogP contribution in [-0.2, 0) is 41.9 Å². The van der Waals surface area contributed by atoms with E-state index in [-0.39, 0.29) is 39.2 Å². The molecule has 218 valence electrons. The topological polar surface area (TPSA) is 110 Å². The van der Waals surface area contributed by atoms with Crippen LogP contribution in [-0.4, -0.2) is 78.5 Å². The van der Waals surface area contributed by atoms with Crippen molar-refractivity contribution in [2.75, 3.05) is 31.9 Å². The number of amides is 2. The Morgan fingerprint density at radius 3 is 1.82 bits per heavy atom. The highest BCUT2D eigenvalue weighted by Crippen LogP contribution is 2.26. The summed E-state index contributed by atoms with van der Waals surface area (Å²) in [4.78, 5) is 42.0. The molecule has 0 bridgehead atoms. The fraction of sp³-hybridized carbons (Fsp3) is 0.500. The van der Waals surface area contributed by atoms with E-state index in [9.17, 15) is 22.8 Å². The standard InChI is InChI=1S/C30H40N2O7S/c1-29(2,3)39-28(35)32-18-16-31(17-19-32)27(34)30(4,5)40(36,37)22-25(20-23-12-8-6-9-13-23)26(33)38-21-24-14-10-7-11-15-24/h6-15,25H,16-22H2,1-5H3. The third-order valence-corrected chi connectivity index (χ3v) is 9.38. The molecule has 0 radical (unpaired) electrons. The molecule has 2 aromatic rings. The number of hydrogen-bond acceptors (Lipinski definition) is 7. The lowest BCUT2D eigenvalue weighted by Gasteiger charge is -2.38. The molecule has 3 rings (SSSR count). The Hall–Kier alpha value is -3.40. The molecular formula is C30H40N2O7S. The number of nitrogens with zero attached hydrogens (tertiary/aromatic N) is 2. The maximum atomic E-state index is 13.7. The number of esters is 1. The predicted molar refractivity (Wildman–Crippen MR) is 152 cm³/mol. The lowest BCUT2D eigenvalue weighted by atomic mass is 10.0. The van der Waals surface area contributed by atoms with Crippen molar-refractivity contribution in [1.82, 2.24) is 9.80 Å². The van der Waals surface area contributed by atoms with E-state index >= 15 is 0 Å². The van der Waals surface area contributed by atoms with Crippen LogP contribution < -0.4 is 0 Å². The number of benzene rings is 2. The van der Waals surface area contributed by atoms with Crippen LogP contribution in [0.25, 0.3) is 0 Å². The van der Waals surface area contributed by atoms with Crippen LogP contribution in [0.1, 0.15) is 45.7 Å². The van der Waals surface area contributed by atoms with Crippen molar-refractivity contribution in [3.63, 3.8) is 0 Å². The minimum Gasteiger partial charge on any atom is -0.461 e. The van der Waals surface area contributed by atoms with Crippen LogP contribution in [0.5, 0.6) is 0 Å². The Labute approximate surface area is 237 Å². The van der Waals surface area contributed by atoms with Crippen LogP contribution >= 0.6 is 0 Å². The molecule has 1 heterocycles. The van der Waals surface area contributed by atoms with Gasteiger partial charge in [-0.15, -0.1) is 0 Å². The lowest BCUT2D eigenvalue weighted by molar-refractivity contribution is -0.149. The molecule has 0 N–H and O–H groups in total. The number of hydrogen-bond donors (Lipinski definition) is 0. The summed E-state index contributed by atoms with van der Waals surface area (Å²) in [6.07, 6.45) is -0.309. The van der Waals surface area contributed by atoms with E-state index in [4.69, 9.17) is 9.47 Å². The van der Waals surface area contributed by atoms with Crippen molar-refractivity contribution < 1.29 is 32.3 Å². The fourth-order valence-electron chi connectivity index (χ4n) is 4.36. The monoisotopic (exact) mass is 572 g/mol. The molecule has 1 aliphatic heterocycles. The molecule has 0 aliphatic carbocycles. The number of piperazine rings is 1. The molecule has 0 aromatic heterocycles. The van der Waals surface area contributed by atoms with Crippen molar-refractivity contribution in [2.45, 2.75) is 58.0 Å². The van der Waals surface area contributed by atoms with Gasteiger partial charge in [-0.25, -0.2) is 13.2 Å². The minimum absolute atomic E-state index is 0.0231. The summed E-state index contributed by atoms with van der Waals surface area (Å²) in [5, 5.41) is 0. The Morgan fingerprint density at radius 2 is 1.30 bits per heavy atom. The normalized spacial score (nSPS) is 15.3. The highest BCUT2D eigenvalue weighted by atomic mass is 32.2. The summed E-state index contributed by atoms with van der Waals surface area (Å²) in [5.41, 5.74) is 0.943. The molecule has 1 fully saturated rings. The Balaban J connectivity index is 1.71. The van der Waals surface area contributed by atoms with Crippen LogP contribution in [0.3, 0.4) is 0 Å². The SMILES string of the molecule is CC(C)(C)OC(=O)N1CCN(C(=O)C(C)(C)S(=O)(=O)CC(Cc2ccccc2)C(=O)OCc2ccccc2)CC1. The van der Waals surface area contributed by atoms with E-state index in [1.165, 1.54) is 23.6 Å². The highest BCUT2D eigenvalue weighted by molar-refractivity contribution is 7.93. The van der Waals surface area contributed by atoms with Gasteiger partial charge in [-0.05, 0) is 52.2 Å². The molecule has 10 heteroatoms. The maximum Gasteiger partial charge on any atom is 0.410 e. The predicted octanol–water partition coefficient (Wildman–Crippen LogP) is 3.86. The zero-order valence-electron chi connectivity index (χ0n) is 24.0. The van der Waals surface area contributed by atoms with Gasteiger partial charge in [-0.3, -0.25) is 9.59 Å². The third-order valence-electron chi connectivity index (χ3n) is 6.81. The summed E-state index contributed by atoms with van der Waals surface area (Å²) < 4.78 is 36.5. The second kappa shape index (κ2) is 12.8. The van der Waals surface area contributed by atoms with E-state index < -0.39 is 49.8 Å². The molecule has 1 unspecified atom stereocenters. The first-order chi connectivity index (χ1) is 18.7. The zero-order chi connectivity index (χ0) is 29.6. The summed E-state index contributed by atoms with van der Waals surface area (Å²) in [5.74, 6) is -2.73. The number of carbonyl (C=O) groups is 3. The lowest BCUT2D eigenvalue weighted by Crippen LogP contribution is -2.58. The van der Waals surface area contributed by atoms with E-state index in [1.54, 1.807) is 20.8 Å². The van der Waals surface area contributed by atoms with Gasteiger partial charge >= 0.3 is 12.1 Å². The fourth-order valence-corrected chi connectivity index (χ4v) is 5.96. The summed E-state index contributed by atoms with van der Waals surface area (Å²) in [6, 6.07) is 18.3. The Morgan fingerprint density at radius 1 is 0.800 bits per heavy atom. The van der Waals surface area contributed by atoms with Gasteiger partial charge in [0, 0.05) is 26.2 Å². The van der Waals surface area contributed by atoms with Crippen molar-refractivity contribution in [3.8, 4) is 0 Å². The smallest absolute Gasteiger partial charge is 0.410 e. The molecule has 1 atom stereocenters.